The molecule has 1 aliphatic heterocycles. The highest BCUT2D eigenvalue weighted by molar-refractivity contribution is 6.02. The average molecular weight is 449 g/mol. The lowest BCUT2D eigenvalue weighted by atomic mass is 9.92. The van der Waals surface area contributed by atoms with Crippen LogP contribution in [0.25, 0.3) is 11.0 Å². The summed E-state index contributed by atoms with van der Waals surface area (Å²) in [5, 5.41) is 7.61. The first-order valence-corrected chi connectivity index (χ1v) is 11.8. The molecule has 2 aromatic heterocycles. The van der Waals surface area contributed by atoms with E-state index >= 15 is 0 Å². The van der Waals surface area contributed by atoms with Gasteiger partial charge in [0.25, 0.3) is 0 Å². The van der Waals surface area contributed by atoms with Gasteiger partial charge in [-0.1, -0.05) is 0 Å². The molecule has 0 spiro atoms. The number of rotatable bonds is 6. The standard InChI is InChI=1S/C24H32N8O/c1-31-10-12-32(13-11-31)20-8-6-19(7-9-20)28-24-29-22-21(16(15-33)14-26-22)23(30-24)27-18-4-2-17(25)3-5-18/h6-9,14-15,17-18H,2-5,10-13,25H2,1H3,(H3,26,27,28,29,30). The summed E-state index contributed by atoms with van der Waals surface area (Å²) in [4.78, 5) is 28.8. The van der Waals surface area contributed by atoms with E-state index in [1.807, 2.05) is 0 Å². The van der Waals surface area contributed by atoms with E-state index in [0.29, 0.717) is 23.0 Å². The molecule has 0 amide bonds. The first-order chi connectivity index (χ1) is 16.1. The van der Waals surface area contributed by atoms with Crippen molar-refractivity contribution in [1.82, 2.24) is 19.9 Å². The minimum absolute atomic E-state index is 0.275. The highest BCUT2D eigenvalue weighted by Crippen LogP contribution is 2.29. The van der Waals surface area contributed by atoms with E-state index in [2.05, 4.69) is 61.7 Å². The van der Waals surface area contributed by atoms with E-state index in [1.165, 1.54) is 5.69 Å². The summed E-state index contributed by atoms with van der Waals surface area (Å²) in [6, 6.07) is 8.95. The lowest BCUT2D eigenvalue weighted by Gasteiger charge is -2.34. The topological polar surface area (TPSA) is 115 Å². The van der Waals surface area contributed by atoms with Gasteiger partial charge in [0.15, 0.2) is 6.29 Å². The van der Waals surface area contributed by atoms with Crippen molar-refractivity contribution in [1.29, 1.82) is 0 Å². The van der Waals surface area contributed by atoms with Crippen LogP contribution in [0.2, 0.25) is 0 Å². The van der Waals surface area contributed by atoms with Crippen LogP contribution in [-0.4, -0.2) is 71.4 Å². The molecule has 5 rings (SSSR count). The third-order valence-electron chi connectivity index (χ3n) is 6.79. The molecular formula is C24H32N8O. The molecule has 3 heterocycles. The highest BCUT2D eigenvalue weighted by Gasteiger charge is 2.21. The second-order valence-electron chi connectivity index (χ2n) is 9.20. The van der Waals surface area contributed by atoms with Gasteiger partial charge in [0.05, 0.1) is 5.39 Å². The normalized spacial score (nSPS) is 21.8. The molecule has 3 aromatic rings. The van der Waals surface area contributed by atoms with Gasteiger partial charge >= 0.3 is 0 Å². The van der Waals surface area contributed by atoms with Crippen LogP contribution in [0.1, 0.15) is 36.0 Å². The van der Waals surface area contributed by atoms with Crippen LogP contribution < -0.4 is 21.3 Å². The number of nitrogens with one attached hydrogen (secondary N) is 3. The zero-order valence-electron chi connectivity index (χ0n) is 19.1. The van der Waals surface area contributed by atoms with Crippen LogP contribution in [0, 0.1) is 0 Å². The van der Waals surface area contributed by atoms with Crippen LogP contribution >= 0.6 is 0 Å². The third kappa shape index (κ3) is 4.79. The second-order valence-corrected chi connectivity index (χ2v) is 9.20. The monoisotopic (exact) mass is 448 g/mol. The van der Waals surface area contributed by atoms with E-state index in [-0.39, 0.29) is 12.1 Å². The number of hydrogen-bond acceptors (Lipinski definition) is 8. The summed E-state index contributed by atoms with van der Waals surface area (Å²) in [6.45, 7) is 4.23. The molecule has 1 aromatic carbocycles. The Morgan fingerprint density at radius 2 is 1.79 bits per heavy atom. The maximum absolute atomic E-state index is 11.6. The first kappa shape index (κ1) is 21.7. The number of benzene rings is 1. The zero-order chi connectivity index (χ0) is 22.8. The molecule has 0 bridgehead atoms. The summed E-state index contributed by atoms with van der Waals surface area (Å²) < 4.78 is 0. The maximum atomic E-state index is 11.6. The quantitative estimate of drug-likeness (QED) is 0.426. The minimum Gasteiger partial charge on any atom is -0.369 e. The molecular weight excluding hydrogens is 416 g/mol. The summed E-state index contributed by atoms with van der Waals surface area (Å²) in [5.41, 5.74) is 9.41. The Kier molecular flexibility index (Phi) is 6.15. The van der Waals surface area contributed by atoms with Crippen molar-refractivity contribution in [3.05, 3.63) is 36.0 Å². The number of H-pyrrole nitrogens is 1. The highest BCUT2D eigenvalue weighted by atomic mass is 16.1. The van der Waals surface area contributed by atoms with Crippen molar-refractivity contribution in [2.75, 3.05) is 48.8 Å². The Labute approximate surface area is 193 Å². The van der Waals surface area contributed by atoms with E-state index in [4.69, 9.17) is 10.7 Å². The summed E-state index contributed by atoms with van der Waals surface area (Å²) in [6.07, 6.45) is 6.49. The van der Waals surface area contributed by atoms with Gasteiger partial charge in [0.1, 0.15) is 11.5 Å². The number of anilines is 4. The molecule has 1 saturated heterocycles. The number of fused-ring (bicyclic) bond motifs is 1. The summed E-state index contributed by atoms with van der Waals surface area (Å²) in [5.74, 6) is 1.17. The fourth-order valence-corrected chi connectivity index (χ4v) is 4.72. The molecule has 1 aliphatic carbocycles. The number of aldehydes is 1. The zero-order valence-corrected chi connectivity index (χ0v) is 19.1. The predicted molar refractivity (Wildman–Crippen MR) is 133 cm³/mol. The lowest BCUT2D eigenvalue weighted by Crippen LogP contribution is -2.44. The number of nitrogens with two attached hydrogens (primary N) is 1. The maximum Gasteiger partial charge on any atom is 0.231 e. The molecule has 1 saturated carbocycles. The molecule has 0 atom stereocenters. The number of aromatic nitrogens is 3. The molecule has 0 unspecified atom stereocenters. The molecule has 0 radical (unpaired) electrons. The number of aromatic amines is 1. The third-order valence-corrected chi connectivity index (χ3v) is 6.79. The number of likely N-dealkylation sites (N-methyl/N-ethyl adjacent to an activating group) is 1. The van der Waals surface area contributed by atoms with Crippen molar-refractivity contribution >= 4 is 40.5 Å². The second kappa shape index (κ2) is 9.36. The van der Waals surface area contributed by atoms with Gasteiger partial charge in [0.2, 0.25) is 5.95 Å². The molecule has 2 aliphatic rings. The lowest BCUT2D eigenvalue weighted by molar-refractivity contribution is 0.112. The number of carbonyl (C=O) groups excluding carboxylic acids is 1. The van der Waals surface area contributed by atoms with Crippen molar-refractivity contribution in [3.63, 3.8) is 0 Å². The van der Waals surface area contributed by atoms with E-state index in [9.17, 15) is 4.79 Å². The molecule has 5 N–H and O–H groups in total. The van der Waals surface area contributed by atoms with Crippen molar-refractivity contribution in [2.24, 2.45) is 5.73 Å². The molecule has 9 nitrogen and oxygen atoms in total. The Morgan fingerprint density at radius 3 is 2.48 bits per heavy atom. The fourth-order valence-electron chi connectivity index (χ4n) is 4.72. The van der Waals surface area contributed by atoms with Crippen molar-refractivity contribution in [3.8, 4) is 0 Å². The smallest absolute Gasteiger partial charge is 0.231 e. The SMILES string of the molecule is CN1CCN(c2ccc(Nc3nc(NC4CCC(N)CC4)c4c(C=O)c[nH]c4n3)cc2)CC1. The van der Waals surface area contributed by atoms with Crippen LogP contribution in [0.3, 0.4) is 0 Å². The Hall–Kier alpha value is -3.17. The van der Waals surface area contributed by atoms with E-state index < -0.39 is 0 Å². The summed E-state index contributed by atoms with van der Waals surface area (Å²) >= 11 is 0. The molecule has 33 heavy (non-hydrogen) atoms. The van der Waals surface area contributed by atoms with Gasteiger partial charge in [-0.2, -0.15) is 9.97 Å². The van der Waals surface area contributed by atoms with Crippen molar-refractivity contribution in [2.45, 2.75) is 37.8 Å². The molecule has 2 fully saturated rings. The van der Waals surface area contributed by atoms with Gasteiger partial charge in [-0.3, -0.25) is 4.79 Å². The first-order valence-electron chi connectivity index (χ1n) is 11.8. The Bertz CT molecular complexity index is 1100. The minimum atomic E-state index is 0.275. The van der Waals surface area contributed by atoms with E-state index in [0.717, 1.165) is 69.2 Å². The number of nitrogens with zero attached hydrogens (tertiary/aromatic N) is 4. The number of carbonyl (C=O) groups is 1. The molecule has 9 heteroatoms. The van der Waals surface area contributed by atoms with Crippen LogP contribution in [0.4, 0.5) is 23.1 Å². The van der Waals surface area contributed by atoms with Gasteiger partial charge in [-0.25, -0.2) is 0 Å². The van der Waals surface area contributed by atoms with Gasteiger partial charge in [0, 0.05) is 61.4 Å². The Balaban J connectivity index is 1.36. The largest absolute Gasteiger partial charge is 0.369 e. The van der Waals surface area contributed by atoms with Gasteiger partial charge < -0.3 is 31.2 Å². The van der Waals surface area contributed by atoms with Crippen molar-refractivity contribution < 1.29 is 4.79 Å². The Morgan fingerprint density at radius 1 is 1.06 bits per heavy atom. The fraction of sp³-hybridized carbons (Fsp3) is 0.458. The average Bonchev–Trinajstić information content (AvgIpc) is 3.25. The van der Waals surface area contributed by atoms with Crippen LogP contribution in [0.5, 0.6) is 0 Å². The number of hydrogen-bond donors (Lipinski definition) is 4. The predicted octanol–water partition coefficient (Wildman–Crippen LogP) is 2.95. The van der Waals surface area contributed by atoms with Gasteiger partial charge in [-0.15, -0.1) is 0 Å². The molecule has 174 valence electrons. The van der Waals surface area contributed by atoms with Crippen LogP contribution in [0.15, 0.2) is 30.5 Å². The number of piperazine rings is 1. The van der Waals surface area contributed by atoms with Crippen LogP contribution in [-0.2, 0) is 0 Å². The van der Waals surface area contributed by atoms with E-state index in [1.54, 1.807) is 6.20 Å². The van der Waals surface area contributed by atoms with Gasteiger partial charge in [-0.05, 0) is 57.0 Å². The summed E-state index contributed by atoms with van der Waals surface area (Å²) in [7, 11) is 2.16.